The van der Waals surface area contributed by atoms with Gasteiger partial charge in [-0.1, -0.05) is 36.4 Å². The second-order valence-corrected chi connectivity index (χ2v) is 5.32. The van der Waals surface area contributed by atoms with E-state index in [1.54, 1.807) is 6.08 Å². The number of fused-ring (bicyclic) bond motifs is 1. The highest BCUT2D eigenvalue weighted by Gasteiger charge is 2.49. The van der Waals surface area contributed by atoms with E-state index in [0.29, 0.717) is 0 Å². The molecule has 3 rings (SSSR count). The van der Waals surface area contributed by atoms with Crippen LogP contribution in [0.5, 0.6) is 0 Å². The van der Waals surface area contributed by atoms with E-state index in [9.17, 15) is 10.2 Å². The zero-order valence-corrected chi connectivity index (χ0v) is 12.1. The van der Waals surface area contributed by atoms with Crippen LogP contribution >= 0.6 is 0 Å². The Kier molecular flexibility index (Phi) is 4.87. The molecule has 6 atom stereocenters. The van der Waals surface area contributed by atoms with Crippen molar-refractivity contribution in [2.75, 3.05) is 13.2 Å². The van der Waals surface area contributed by atoms with Gasteiger partial charge in [0.2, 0.25) is 0 Å². The van der Waals surface area contributed by atoms with Crippen molar-refractivity contribution in [1.29, 1.82) is 0 Å². The fourth-order valence-electron chi connectivity index (χ4n) is 2.66. The van der Waals surface area contributed by atoms with Crippen molar-refractivity contribution in [2.45, 2.75) is 37.0 Å². The van der Waals surface area contributed by atoms with E-state index >= 15 is 0 Å². The molecule has 1 aromatic rings. The first-order valence-corrected chi connectivity index (χ1v) is 7.27. The first kappa shape index (κ1) is 15.6. The van der Waals surface area contributed by atoms with Crippen molar-refractivity contribution in [1.82, 2.24) is 0 Å². The maximum absolute atomic E-state index is 10.3. The van der Waals surface area contributed by atoms with Crippen molar-refractivity contribution in [3.05, 3.63) is 48.6 Å². The average molecular weight is 308 g/mol. The van der Waals surface area contributed by atoms with E-state index in [1.165, 1.54) is 0 Å². The first-order chi connectivity index (χ1) is 10.7. The molecule has 6 unspecified atom stereocenters. The van der Waals surface area contributed by atoms with Crippen molar-refractivity contribution in [3.63, 3.8) is 0 Å². The lowest BCUT2D eigenvalue weighted by Gasteiger charge is -2.46. The molecule has 0 aromatic heterocycles. The lowest BCUT2D eigenvalue weighted by Crippen LogP contribution is -2.62. The maximum atomic E-state index is 10.3. The van der Waals surface area contributed by atoms with Crippen LogP contribution in [-0.4, -0.2) is 54.1 Å². The first-order valence-electron chi connectivity index (χ1n) is 7.27. The Hall–Kier alpha value is -1.28. The molecule has 0 amide bonds. The third-order valence-electron chi connectivity index (χ3n) is 3.78. The topological polar surface area (TPSA) is 77.4 Å². The fraction of sp³-hybridized carbons (Fsp3) is 0.500. The summed E-state index contributed by atoms with van der Waals surface area (Å²) in [6.45, 7) is 4.01. The normalized spacial score (nSPS) is 38.3. The second kappa shape index (κ2) is 6.87. The van der Waals surface area contributed by atoms with Crippen molar-refractivity contribution < 1.29 is 29.2 Å². The van der Waals surface area contributed by atoms with E-state index < -0.39 is 37.0 Å². The molecule has 6 nitrogen and oxygen atoms in total. The van der Waals surface area contributed by atoms with Crippen LogP contribution < -0.4 is 0 Å². The highest BCUT2D eigenvalue weighted by atomic mass is 16.8. The summed E-state index contributed by atoms with van der Waals surface area (Å²) >= 11 is 0. The number of hydrogen-bond acceptors (Lipinski definition) is 6. The molecule has 1 aromatic carbocycles. The van der Waals surface area contributed by atoms with Crippen LogP contribution in [0.4, 0.5) is 0 Å². The second-order valence-electron chi connectivity index (χ2n) is 5.32. The maximum Gasteiger partial charge on any atom is 0.187 e. The molecule has 0 radical (unpaired) electrons. The zero-order valence-electron chi connectivity index (χ0n) is 12.1. The summed E-state index contributed by atoms with van der Waals surface area (Å²) in [7, 11) is 0. The summed E-state index contributed by atoms with van der Waals surface area (Å²) in [6, 6.07) is 9.44. The van der Waals surface area contributed by atoms with Crippen molar-refractivity contribution >= 4 is 0 Å². The van der Waals surface area contributed by atoms with Crippen LogP contribution in [0.1, 0.15) is 11.9 Å². The van der Waals surface area contributed by atoms with E-state index in [1.807, 2.05) is 30.3 Å². The van der Waals surface area contributed by atoms with Crippen LogP contribution in [0.2, 0.25) is 0 Å². The summed E-state index contributed by atoms with van der Waals surface area (Å²) in [5.74, 6) is 0. The molecule has 0 spiro atoms. The monoisotopic (exact) mass is 308 g/mol. The number of rotatable bonds is 4. The molecule has 22 heavy (non-hydrogen) atoms. The quantitative estimate of drug-likeness (QED) is 0.799. The van der Waals surface area contributed by atoms with Gasteiger partial charge >= 0.3 is 0 Å². The lowest BCUT2D eigenvalue weighted by molar-refractivity contribution is -0.360. The van der Waals surface area contributed by atoms with E-state index in [0.717, 1.165) is 5.56 Å². The van der Waals surface area contributed by atoms with Gasteiger partial charge in [0.25, 0.3) is 0 Å². The minimum Gasteiger partial charge on any atom is -0.387 e. The summed E-state index contributed by atoms with van der Waals surface area (Å²) in [5, 5.41) is 20.4. The van der Waals surface area contributed by atoms with Gasteiger partial charge in [0.1, 0.15) is 24.4 Å². The Morgan fingerprint density at radius 1 is 1.18 bits per heavy atom. The molecular weight excluding hydrogens is 288 g/mol. The highest BCUT2D eigenvalue weighted by molar-refractivity contribution is 5.16. The van der Waals surface area contributed by atoms with Gasteiger partial charge in [-0.15, -0.1) is 6.58 Å². The molecule has 0 saturated carbocycles. The number of ether oxygens (including phenoxy) is 4. The summed E-state index contributed by atoms with van der Waals surface area (Å²) in [6.07, 6.45) is -3.41. The standard InChI is InChI=1S/C16H20O6/c1-2-8-19-16-13(18)12(17)14-11(21-16)9-20-15(22-14)10-6-4-3-5-7-10/h2-7,11-18H,1,8-9H2. The molecule has 0 aliphatic carbocycles. The third-order valence-corrected chi connectivity index (χ3v) is 3.78. The Morgan fingerprint density at radius 2 is 1.95 bits per heavy atom. The van der Waals surface area contributed by atoms with E-state index in [-0.39, 0.29) is 13.2 Å². The molecule has 2 aliphatic rings. The summed E-state index contributed by atoms with van der Waals surface area (Å²) < 4.78 is 22.4. The van der Waals surface area contributed by atoms with Gasteiger partial charge in [-0.25, -0.2) is 0 Å². The summed E-state index contributed by atoms with van der Waals surface area (Å²) in [4.78, 5) is 0. The van der Waals surface area contributed by atoms with Crippen LogP contribution in [0.15, 0.2) is 43.0 Å². The van der Waals surface area contributed by atoms with Crippen LogP contribution in [-0.2, 0) is 18.9 Å². The minimum atomic E-state index is -1.18. The van der Waals surface area contributed by atoms with E-state index in [4.69, 9.17) is 18.9 Å². The fourth-order valence-corrected chi connectivity index (χ4v) is 2.66. The molecule has 2 fully saturated rings. The third kappa shape index (κ3) is 3.08. The van der Waals surface area contributed by atoms with Crippen LogP contribution in [0.3, 0.4) is 0 Å². The Balaban J connectivity index is 1.69. The lowest BCUT2D eigenvalue weighted by atomic mass is 9.98. The largest absolute Gasteiger partial charge is 0.387 e. The van der Waals surface area contributed by atoms with Gasteiger partial charge in [-0.3, -0.25) is 0 Å². The molecule has 6 heteroatoms. The van der Waals surface area contributed by atoms with Gasteiger partial charge in [0.05, 0.1) is 13.2 Å². The molecule has 2 heterocycles. The number of hydrogen-bond donors (Lipinski definition) is 2. The molecule has 2 aliphatic heterocycles. The van der Waals surface area contributed by atoms with Crippen molar-refractivity contribution in [2.24, 2.45) is 0 Å². The predicted octanol–water partition coefficient (Wildman–Crippen LogP) is 0.750. The predicted molar refractivity (Wildman–Crippen MR) is 76.8 cm³/mol. The molecule has 2 N–H and O–H groups in total. The number of benzene rings is 1. The average Bonchev–Trinajstić information content (AvgIpc) is 2.57. The zero-order chi connectivity index (χ0) is 15.5. The Labute approximate surface area is 128 Å². The highest BCUT2D eigenvalue weighted by Crippen LogP contribution is 2.34. The van der Waals surface area contributed by atoms with Crippen molar-refractivity contribution in [3.8, 4) is 0 Å². The molecule has 2 saturated heterocycles. The summed E-state index contributed by atoms with van der Waals surface area (Å²) in [5.41, 5.74) is 0.854. The minimum absolute atomic E-state index is 0.222. The Morgan fingerprint density at radius 3 is 2.68 bits per heavy atom. The smallest absolute Gasteiger partial charge is 0.187 e. The number of aliphatic hydroxyl groups excluding tert-OH is 2. The van der Waals surface area contributed by atoms with Gasteiger partial charge in [-0.05, 0) is 0 Å². The van der Waals surface area contributed by atoms with E-state index in [2.05, 4.69) is 6.58 Å². The van der Waals surface area contributed by atoms with Crippen LogP contribution in [0.25, 0.3) is 0 Å². The van der Waals surface area contributed by atoms with Crippen LogP contribution in [0, 0.1) is 0 Å². The number of aliphatic hydroxyl groups is 2. The van der Waals surface area contributed by atoms with Gasteiger partial charge in [-0.2, -0.15) is 0 Å². The van der Waals surface area contributed by atoms with Gasteiger partial charge in [0, 0.05) is 5.56 Å². The molecule has 120 valence electrons. The molecule has 0 bridgehead atoms. The molecular formula is C16H20O6. The van der Waals surface area contributed by atoms with Gasteiger partial charge < -0.3 is 29.2 Å². The van der Waals surface area contributed by atoms with Gasteiger partial charge in [0.15, 0.2) is 12.6 Å². The SMILES string of the molecule is C=CCOC1OC2COC(c3ccccc3)OC2C(O)C1O. The Bertz CT molecular complexity index is 491.